The third-order valence-electron chi connectivity index (χ3n) is 3.32. The van der Waals surface area contributed by atoms with E-state index in [1.165, 1.54) is 13.2 Å². The third-order valence-corrected chi connectivity index (χ3v) is 3.32. The summed E-state index contributed by atoms with van der Waals surface area (Å²) in [6.07, 6.45) is 0. The van der Waals surface area contributed by atoms with Gasteiger partial charge in [0.25, 0.3) is 0 Å². The van der Waals surface area contributed by atoms with Gasteiger partial charge < -0.3 is 20.3 Å². The first-order valence-corrected chi connectivity index (χ1v) is 6.12. The lowest BCUT2D eigenvalue weighted by Gasteiger charge is -2.21. The van der Waals surface area contributed by atoms with Gasteiger partial charge in [0.05, 0.1) is 7.11 Å². The molecule has 1 aliphatic heterocycles. The van der Waals surface area contributed by atoms with E-state index >= 15 is 0 Å². The quantitative estimate of drug-likeness (QED) is 0.891. The second-order valence-corrected chi connectivity index (χ2v) is 4.65. The Morgan fingerprint density at radius 3 is 2.74 bits per heavy atom. The smallest absolute Gasteiger partial charge is 0.319 e. The molecular formula is C13H18FN3O2. The Labute approximate surface area is 111 Å². The number of likely N-dealkylation sites (N-methyl/N-ethyl adjacent to an activating group) is 1. The van der Waals surface area contributed by atoms with Crippen LogP contribution in [-0.2, 0) is 0 Å². The highest BCUT2D eigenvalue weighted by Gasteiger charge is 2.27. The molecular weight excluding hydrogens is 249 g/mol. The molecule has 1 saturated heterocycles. The Balaban J connectivity index is 2.06. The van der Waals surface area contributed by atoms with Crippen LogP contribution in [0.3, 0.4) is 0 Å². The van der Waals surface area contributed by atoms with Crippen molar-refractivity contribution in [3.8, 4) is 5.75 Å². The molecule has 0 radical (unpaired) electrons. The molecule has 1 unspecified atom stereocenters. The average Bonchev–Trinajstić information content (AvgIpc) is 2.70. The van der Waals surface area contributed by atoms with Gasteiger partial charge in [-0.2, -0.15) is 0 Å². The van der Waals surface area contributed by atoms with E-state index in [1.54, 1.807) is 29.0 Å². The van der Waals surface area contributed by atoms with E-state index in [-0.39, 0.29) is 11.8 Å². The normalized spacial score (nSPS) is 16.9. The molecule has 104 valence electrons. The summed E-state index contributed by atoms with van der Waals surface area (Å²) in [5, 5.41) is 0. The average molecular weight is 267 g/mol. The van der Waals surface area contributed by atoms with E-state index < -0.39 is 11.9 Å². The first-order chi connectivity index (χ1) is 9.02. The van der Waals surface area contributed by atoms with Gasteiger partial charge in [-0.15, -0.1) is 0 Å². The van der Waals surface area contributed by atoms with Crippen molar-refractivity contribution in [2.75, 3.05) is 33.8 Å². The number of nitrogens with two attached hydrogens (primary N) is 1. The number of ether oxygens (including phenoxy) is 1. The number of halogens is 1. The standard InChI is InChI=1S/C13H18FN3O2/c1-16-5-6-17(13(16)18)8-11(15)9-3-4-12(19-2)10(14)7-9/h3-4,7,11H,5-6,8,15H2,1-2H3. The number of hydrogen-bond donors (Lipinski definition) is 1. The van der Waals surface area contributed by atoms with E-state index in [2.05, 4.69) is 0 Å². The predicted octanol–water partition coefficient (Wildman–Crippen LogP) is 1.20. The highest BCUT2D eigenvalue weighted by Crippen LogP contribution is 2.22. The van der Waals surface area contributed by atoms with Crippen LogP contribution in [0.5, 0.6) is 5.75 Å². The molecule has 0 aliphatic carbocycles. The van der Waals surface area contributed by atoms with E-state index in [0.29, 0.717) is 25.2 Å². The van der Waals surface area contributed by atoms with Crippen LogP contribution in [0.1, 0.15) is 11.6 Å². The Bertz CT molecular complexity index is 481. The number of methoxy groups -OCH3 is 1. The molecule has 1 aromatic rings. The molecule has 1 fully saturated rings. The van der Waals surface area contributed by atoms with Gasteiger partial charge in [-0.05, 0) is 17.7 Å². The number of carbonyl (C=O) groups excluding carboxylic acids is 1. The predicted molar refractivity (Wildman–Crippen MR) is 69.5 cm³/mol. The largest absolute Gasteiger partial charge is 0.494 e. The van der Waals surface area contributed by atoms with Crippen molar-refractivity contribution in [3.05, 3.63) is 29.6 Å². The van der Waals surface area contributed by atoms with Crippen molar-refractivity contribution in [1.82, 2.24) is 9.80 Å². The molecule has 19 heavy (non-hydrogen) atoms. The second kappa shape index (κ2) is 5.44. The summed E-state index contributed by atoms with van der Waals surface area (Å²) in [5.41, 5.74) is 6.68. The number of carbonyl (C=O) groups is 1. The van der Waals surface area contributed by atoms with Crippen LogP contribution in [0.25, 0.3) is 0 Å². The van der Waals surface area contributed by atoms with Gasteiger partial charge in [0, 0.05) is 32.7 Å². The fourth-order valence-corrected chi connectivity index (χ4v) is 2.13. The molecule has 2 rings (SSSR count). The molecule has 2 N–H and O–H groups in total. The van der Waals surface area contributed by atoms with Crippen LogP contribution in [-0.4, -0.2) is 49.6 Å². The molecule has 2 amide bonds. The molecule has 0 bridgehead atoms. The van der Waals surface area contributed by atoms with Crippen LogP contribution in [0.15, 0.2) is 18.2 Å². The van der Waals surface area contributed by atoms with Gasteiger partial charge in [-0.25, -0.2) is 9.18 Å². The summed E-state index contributed by atoms with van der Waals surface area (Å²) in [7, 11) is 3.16. The van der Waals surface area contributed by atoms with Gasteiger partial charge >= 0.3 is 6.03 Å². The number of benzene rings is 1. The summed E-state index contributed by atoms with van der Waals surface area (Å²) in [5.74, 6) is -0.256. The minimum atomic E-state index is -0.444. The van der Waals surface area contributed by atoms with Gasteiger partial charge in [-0.1, -0.05) is 6.07 Å². The molecule has 1 aromatic carbocycles. The Morgan fingerprint density at radius 1 is 1.47 bits per heavy atom. The van der Waals surface area contributed by atoms with Crippen molar-refractivity contribution in [2.24, 2.45) is 5.73 Å². The van der Waals surface area contributed by atoms with Crippen molar-refractivity contribution in [3.63, 3.8) is 0 Å². The minimum absolute atomic E-state index is 0.0376. The number of urea groups is 1. The molecule has 0 saturated carbocycles. The maximum atomic E-state index is 13.6. The van der Waals surface area contributed by atoms with E-state index in [1.807, 2.05) is 0 Å². The number of nitrogens with zero attached hydrogens (tertiary/aromatic N) is 2. The third kappa shape index (κ3) is 2.78. The second-order valence-electron chi connectivity index (χ2n) is 4.65. The number of hydrogen-bond acceptors (Lipinski definition) is 3. The van der Waals surface area contributed by atoms with Crippen LogP contribution in [0.2, 0.25) is 0 Å². The van der Waals surface area contributed by atoms with Gasteiger partial charge in [0.15, 0.2) is 11.6 Å². The van der Waals surface area contributed by atoms with Gasteiger partial charge in [0.1, 0.15) is 0 Å². The van der Waals surface area contributed by atoms with Crippen molar-refractivity contribution in [1.29, 1.82) is 0 Å². The Hall–Kier alpha value is -1.82. The lowest BCUT2D eigenvalue weighted by atomic mass is 10.1. The van der Waals surface area contributed by atoms with Gasteiger partial charge in [0.2, 0.25) is 0 Å². The van der Waals surface area contributed by atoms with Crippen LogP contribution in [0, 0.1) is 5.82 Å². The Morgan fingerprint density at radius 2 is 2.21 bits per heavy atom. The molecule has 6 heteroatoms. The lowest BCUT2D eigenvalue weighted by molar-refractivity contribution is 0.196. The summed E-state index contributed by atoms with van der Waals surface area (Å²) in [4.78, 5) is 15.1. The lowest BCUT2D eigenvalue weighted by Crippen LogP contribution is -2.35. The zero-order valence-electron chi connectivity index (χ0n) is 11.1. The van der Waals surface area contributed by atoms with Gasteiger partial charge in [-0.3, -0.25) is 0 Å². The first-order valence-electron chi connectivity index (χ1n) is 6.12. The maximum Gasteiger partial charge on any atom is 0.319 e. The molecule has 0 spiro atoms. The van der Waals surface area contributed by atoms with Crippen LogP contribution < -0.4 is 10.5 Å². The molecule has 5 nitrogen and oxygen atoms in total. The minimum Gasteiger partial charge on any atom is -0.494 e. The van der Waals surface area contributed by atoms with Crippen molar-refractivity contribution >= 4 is 6.03 Å². The monoisotopic (exact) mass is 267 g/mol. The highest BCUT2D eigenvalue weighted by atomic mass is 19.1. The summed E-state index contributed by atoms with van der Waals surface area (Å²) in [6, 6.07) is 4.17. The van der Waals surface area contributed by atoms with E-state index in [0.717, 1.165) is 0 Å². The summed E-state index contributed by atoms with van der Waals surface area (Å²) in [6.45, 7) is 1.74. The fraction of sp³-hybridized carbons (Fsp3) is 0.462. The highest BCUT2D eigenvalue weighted by molar-refractivity contribution is 5.76. The number of rotatable bonds is 4. The molecule has 0 aromatic heterocycles. The van der Waals surface area contributed by atoms with E-state index in [4.69, 9.17) is 10.5 Å². The molecule has 1 heterocycles. The zero-order chi connectivity index (χ0) is 14.0. The topological polar surface area (TPSA) is 58.8 Å². The van der Waals surface area contributed by atoms with Crippen LogP contribution >= 0.6 is 0 Å². The summed E-state index contributed by atoms with van der Waals surface area (Å²) < 4.78 is 18.5. The number of amides is 2. The SMILES string of the molecule is COc1ccc(C(N)CN2CCN(C)C2=O)cc1F. The van der Waals surface area contributed by atoms with E-state index in [9.17, 15) is 9.18 Å². The first kappa shape index (κ1) is 13.6. The van der Waals surface area contributed by atoms with Crippen molar-refractivity contribution < 1.29 is 13.9 Å². The fourth-order valence-electron chi connectivity index (χ4n) is 2.13. The maximum absolute atomic E-state index is 13.6. The molecule has 1 atom stereocenters. The van der Waals surface area contributed by atoms with Crippen LogP contribution in [0.4, 0.5) is 9.18 Å². The Kier molecular flexibility index (Phi) is 3.90. The van der Waals surface area contributed by atoms with Crippen molar-refractivity contribution in [2.45, 2.75) is 6.04 Å². The molecule has 1 aliphatic rings. The summed E-state index contributed by atoms with van der Waals surface area (Å²) >= 11 is 0. The zero-order valence-corrected chi connectivity index (χ0v) is 11.1.